The third-order valence-electron chi connectivity index (χ3n) is 4.45. The van der Waals surface area contributed by atoms with Gasteiger partial charge in [-0.25, -0.2) is 0 Å². The number of rotatable bonds is 20. The summed E-state index contributed by atoms with van der Waals surface area (Å²) >= 11 is 0. The van der Waals surface area contributed by atoms with Crippen LogP contribution in [0.1, 0.15) is 25.7 Å². The van der Waals surface area contributed by atoms with Gasteiger partial charge in [-0.2, -0.15) is 0 Å². The molecule has 6 N–H and O–H groups in total. The molecule has 0 unspecified atom stereocenters. The highest BCUT2D eigenvalue weighted by molar-refractivity contribution is 5.96. The summed E-state index contributed by atoms with van der Waals surface area (Å²) in [5, 5.41) is 41.2. The van der Waals surface area contributed by atoms with Gasteiger partial charge in [0.15, 0.2) is 0 Å². The van der Waals surface area contributed by atoms with Crippen molar-refractivity contribution >= 4 is 11.8 Å². The first-order valence-corrected chi connectivity index (χ1v) is 10.7. The van der Waals surface area contributed by atoms with Crippen molar-refractivity contribution in [1.29, 1.82) is 0 Å². The van der Waals surface area contributed by atoms with Gasteiger partial charge in [-0.15, -0.1) is 0 Å². The number of hydrogen-bond acceptors (Lipinski definition) is 8. The zero-order valence-corrected chi connectivity index (χ0v) is 18.0. The second-order valence-corrected chi connectivity index (χ2v) is 6.91. The summed E-state index contributed by atoms with van der Waals surface area (Å²) < 4.78 is 0. The maximum Gasteiger partial charge on any atom is 0.244 e. The second-order valence-electron chi connectivity index (χ2n) is 6.91. The summed E-state index contributed by atoms with van der Waals surface area (Å²) in [6.07, 6.45) is 5.62. The molecule has 30 heavy (non-hydrogen) atoms. The summed E-state index contributed by atoms with van der Waals surface area (Å²) in [4.78, 5) is 27.4. The van der Waals surface area contributed by atoms with Crippen molar-refractivity contribution in [1.82, 2.24) is 20.4 Å². The zero-order valence-electron chi connectivity index (χ0n) is 18.0. The number of unbranched alkanes of at least 4 members (excludes halogenated alkanes) is 2. The molecule has 176 valence electrons. The van der Waals surface area contributed by atoms with Crippen molar-refractivity contribution in [2.75, 3.05) is 78.8 Å². The van der Waals surface area contributed by atoms with E-state index in [-0.39, 0.29) is 38.2 Å². The lowest BCUT2D eigenvalue weighted by molar-refractivity contribution is -0.118. The van der Waals surface area contributed by atoms with Crippen molar-refractivity contribution in [3.63, 3.8) is 0 Å². The fourth-order valence-electron chi connectivity index (χ4n) is 2.85. The molecular formula is C20H40N4O6. The van der Waals surface area contributed by atoms with Gasteiger partial charge in [-0.1, -0.05) is 0 Å². The minimum Gasteiger partial charge on any atom is -0.395 e. The molecule has 0 bridgehead atoms. The Bertz CT molecular complexity index is 413. The van der Waals surface area contributed by atoms with Crippen molar-refractivity contribution in [3.05, 3.63) is 12.2 Å². The molecule has 0 spiro atoms. The van der Waals surface area contributed by atoms with E-state index in [1.807, 2.05) is 9.80 Å². The first kappa shape index (κ1) is 28.4. The Hall–Kier alpha value is -1.56. The highest BCUT2D eigenvalue weighted by Crippen LogP contribution is 1.95. The number of nitrogens with one attached hydrogen (secondary N) is 2. The monoisotopic (exact) mass is 432 g/mol. The number of carbonyl (C=O) groups is 2. The number of nitrogens with zero attached hydrogens (tertiary/aromatic N) is 2. The van der Waals surface area contributed by atoms with Gasteiger partial charge in [0, 0.05) is 51.4 Å². The zero-order chi connectivity index (χ0) is 22.5. The van der Waals surface area contributed by atoms with E-state index in [2.05, 4.69) is 10.6 Å². The Labute approximate surface area is 179 Å². The third kappa shape index (κ3) is 17.3. The van der Waals surface area contributed by atoms with Crippen LogP contribution in [-0.4, -0.2) is 121 Å². The molecule has 0 saturated carbocycles. The van der Waals surface area contributed by atoms with E-state index in [9.17, 15) is 9.59 Å². The largest absolute Gasteiger partial charge is 0.395 e. The Kier molecular flexibility index (Phi) is 19.6. The van der Waals surface area contributed by atoms with Gasteiger partial charge in [-0.05, 0) is 38.8 Å². The molecule has 0 aliphatic heterocycles. The number of aliphatic hydroxyl groups is 4. The molecule has 0 rings (SSSR count). The lowest BCUT2D eigenvalue weighted by atomic mass is 10.2. The van der Waals surface area contributed by atoms with Crippen LogP contribution in [0, 0.1) is 0 Å². The highest BCUT2D eigenvalue weighted by Gasteiger charge is 2.04. The van der Waals surface area contributed by atoms with Gasteiger partial charge in [0.25, 0.3) is 0 Å². The van der Waals surface area contributed by atoms with Crippen molar-refractivity contribution in [2.24, 2.45) is 0 Å². The van der Waals surface area contributed by atoms with E-state index < -0.39 is 0 Å². The van der Waals surface area contributed by atoms with E-state index in [1.54, 1.807) is 0 Å². The normalized spacial score (nSPS) is 11.5. The average molecular weight is 433 g/mol. The van der Waals surface area contributed by atoms with E-state index >= 15 is 0 Å². The quantitative estimate of drug-likeness (QED) is 0.0949. The van der Waals surface area contributed by atoms with E-state index in [4.69, 9.17) is 20.4 Å². The topological polar surface area (TPSA) is 146 Å². The predicted molar refractivity (Wildman–Crippen MR) is 115 cm³/mol. The van der Waals surface area contributed by atoms with Crippen LogP contribution in [0.4, 0.5) is 0 Å². The van der Waals surface area contributed by atoms with Gasteiger partial charge in [0.2, 0.25) is 11.8 Å². The van der Waals surface area contributed by atoms with Crippen LogP contribution in [0.5, 0.6) is 0 Å². The first-order chi connectivity index (χ1) is 14.6. The lowest BCUT2D eigenvalue weighted by Crippen LogP contribution is -2.31. The van der Waals surface area contributed by atoms with Gasteiger partial charge < -0.3 is 31.1 Å². The van der Waals surface area contributed by atoms with Crippen molar-refractivity contribution < 1.29 is 30.0 Å². The SMILES string of the molecule is O=C(/C=C\C(=O)NCCCCN(CCO)CCO)NCCCCN(CCO)CCO. The molecule has 0 atom stereocenters. The van der Waals surface area contributed by atoms with Crippen LogP contribution in [0.3, 0.4) is 0 Å². The summed E-state index contributed by atoms with van der Waals surface area (Å²) in [7, 11) is 0. The smallest absolute Gasteiger partial charge is 0.244 e. The minimum atomic E-state index is -0.323. The van der Waals surface area contributed by atoms with Crippen LogP contribution >= 0.6 is 0 Å². The van der Waals surface area contributed by atoms with E-state index in [0.29, 0.717) is 39.3 Å². The molecular weight excluding hydrogens is 392 g/mol. The van der Waals surface area contributed by atoms with Crippen molar-refractivity contribution in [3.8, 4) is 0 Å². The van der Waals surface area contributed by atoms with Crippen LogP contribution in [0.2, 0.25) is 0 Å². The summed E-state index contributed by atoms with van der Waals surface area (Å²) in [5.74, 6) is -0.646. The Balaban J connectivity index is 3.79. The molecule has 0 saturated heterocycles. The van der Waals surface area contributed by atoms with E-state index in [1.165, 1.54) is 12.2 Å². The van der Waals surface area contributed by atoms with Crippen LogP contribution in [-0.2, 0) is 9.59 Å². The summed E-state index contributed by atoms with van der Waals surface area (Å²) in [6, 6.07) is 0. The van der Waals surface area contributed by atoms with Gasteiger partial charge in [0.1, 0.15) is 0 Å². The predicted octanol–water partition coefficient (Wildman–Crippen LogP) is -2.09. The fourth-order valence-corrected chi connectivity index (χ4v) is 2.85. The van der Waals surface area contributed by atoms with Crippen LogP contribution < -0.4 is 10.6 Å². The van der Waals surface area contributed by atoms with Crippen LogP contribution in [0.15, 0.2) is 12.2 Å². The average Bonchev–Trinajstić information content (AvgIpc) is 2.72. The third-order valence-corrected chi connectivity index (χ3v) is 4.45. The fraction of sp³-hybridized carbons (Fsp3) is 0.800. The van der Waals surface area contributed by atoms with Gasteiger partial charge in [0.05, 0.1) is 26.4 Å². The number of amides is 2. The molecule has 0 aliphatic rings. The van der Waals surface area contributed by atoms with Crippen LogP contribution in [0.25, 0.3) is 0 Å². The number of hydrogen-bond donors (Lipinski definition) is 6. The van der Waals surface area contributed by atoms with Crippen molar-refractivity contribution in [2.45, 2.75) is 25.7 Å². The Morgan fingerprint density at radius 1 is 0.567 bits per heavy atom. The minimum absolute atomic E-state index is 0.0511. The Morgan fingerprint density at radius 3 is 1.20 bits per heavy atom. The number of aliphatic hydroxyl groups excluding tert-OH is 4. The maximum absolute atomic E-state index is 11.7. The van der Waals surface area contributed by atoms with E-state index in [0.717, 1.165) is 38.8 Å². The molecule has 0 fully saturated rings. The Morgan fingerprint density at radius 2 is 0.900 bits per heavy atom. The first-order valence-electron chi connectivity index (χ1n) is 10.7. The molecule has 2 amide bonds. The summed E-state index contributed by atoms with van der Waals surface area (Å²) in [6.45, 7) is 4.77. The highest BCUT2D eigenvalue weighted by atomic mass is 16.3. The molecule has 0 radical (unpaired) electrons. The van der Waals surface area contributed by atoms with Gasteiger partial charge in [-0.3, -0.25) is 19.4 Å². The molecule has 0 aromatic carbocycles. The molecule has 0 aromatic heterocycles. The maximum atomic E-state index is 11.7. The van der Waals surface area contributed by atoms with Gasteiger partial charge >= 0.3 is 0 Å². The number of carbonyl (C=O) groups excluding carboxylic acids is 2. The molecule has 0 aliphatic carbocycles. The molecule has 10 nitrogen and oxygen atoms in total. The second kappa shape index (κ2) is 20.7. The molecule has 0 heterocycles. The summed E-state index contributed by atoms with van der Waals surface area (Å²) in [5.41, 5.74) is 0. The molecule has 0 aromatic rings. The standard InChI is InChI=1S/C20H40N4O6/c25-15-11-23(12-16-26)9-3-1-7-21-19(29)5-6-20(30)22-8-2-4-10-24(13-17-27)14-18-28/h5-6,25-28H,1-4,7-18H2,(H,21,29)(H,22,30)/b6-5-. The molecule has 10 heteroatoms. The lowest BCUT2D eigenvalue weighted by Gasteiger charge is -2.19.